The van der Waals surface area contributed by atoms with Gasteiger partial charge in [-0.1, -0.05) is 61.5 Å². The quantitative estimate of drug-likeness (QED) is 0.446. The summed E-state index contributed by atoms with van der Waals surface area (Å²) in [5.74, 6) is 2.06. The highest BCUT2D eigenvalue weighted by atomic mass is 16.2. The van der Waals surface area contributed by atoms with Crippen LogP contribution in [0.15, 0.2) is 73.1 Å². The number of hydrogen-bond donors (Lipinski definition) is 0. The second kappa shape index (κ2) is 9.82. The number of hydrogen-bond acceptors (Lipinski definition) is 6. The number of piperazine rings is 1. The van der Waals surface area contributed by atoms with E-state index in [9.17, 15) is 4.79 Å². The molecule has 1 amide bonds. The lowest BCUT2D eigenvalue weighted by molar-refractivity contribution is -0.132. The van der Waals surface area contributed by atoms with Crippen molar-refractivity contribution in [1.29, 1.82) is 0 Å². The summed E-state index contributed by atoms with van der Waals surface area (Å²) in [6, 6.07) is 20.0. The summed E-state index contributed by atoms with van der Waals surface area (Å²) in [6.07, 6.45) is 4.46. The summed E-state index contributed by atoms with van der Waals surface area (Å²) in [5.41, 5.74) is 3.14. The van der Waals surface area contributed by atoms with Crippen molar-refractivity contribution in [3.8, 4) is 22.8 Å². The summed E-state index contributed by atoms with van der Waals surface area (Å²) >= 11 is 0. The average Bonchev–Trinajstić information content (AvgIpc) is 3.33. The van der Waals surface area contributed by atoms with E-state index in [-0.39, 0.29) is 12.5 Å². The molecule has 0 N–H and O–H groups in total. The smallest absolute Gasteiger partial charge is 0.244 e. The predicted octanol–water partition coefficient (Wildman–Crippen LogP) is 3.31. The first-order chi connectivity index (χ1) is 16.7. The molecule has 0 saturated carbocycles. The van der Waals surface area contributed by atoms with Crippen molar-refractivity contribution in [3.05, 3.63) is 78.6 Å². The Hall–Kier alpha value is -4.07. The van der Waals surface area contributed by atoms with Crippen molar-refractivity contribution >= 4 is 11.9 Å². The van der Waals surface area contributed by atoms with Crippen molar-refractivity contribution < 1.29 is 4.79 Å². The van der Waals surface area contributed by atoms with E-state index in [2.05, 4.69) is 33.9 Å². The van der Waals surface area contributed by atoms with Crippen LogP contribution in [0, 0.1) is 0 Å². The van der Waals surface area contributed by atoms with Gasteiger partial charge in [-0.05, 0) is 18.1 Å². The van der Waals surface area contributed by atoms with Gasteiger partial charge in [0.1, 0.15) is 6.54 Å². The highest BCUT2D eigenvalue weighted by molar-refractivity contribution is 5.77. The zero-order valence-corrected chi connectivity index (χ0v) is 19.2. The Balaban J connectivity index is 1.35. The van der Waals surface area contributed by atoms with Crippen molar-refractivity contribution in [1.82, 2.24) is 29.6 Å². The molecule has 2 aromatic carbocycles. The molecule has 3 heterocycles. The van der Waals surface area contributed by atoms with E-state index >= 15 is 0 Å². The Bertz CT molecular complexity index is 1230. The molecule has 34 heavy (non-hydrogen) atoms. The molecule has 0 bridgehead atoms. The number of benzene rings is 2. The van der Waals surface area contributed by atoms with Crippen LogP contribution in [0.25, 0.3) is 22.8 Å². The molecule has 1 fully saturated rings. The van der Waals surface area contributed by atoms with Gasteiger partial charge >= 0.3 is 0 Å². The Labute approximate surface area is 198 Å². The summed E-state index contributed by atoms with van der Waals surface area (Å²) < 4.78 is 1.73. The molecule has 1 aliphatic rings. The van der Waals surface area contributed by atoms with Crippen LogP contribution in [0.1, 0.15) is 12.5 Å². The number of amides is 1. The minimum atomic E-state index is 0.0311. The fourth-order valence-corrected chi connectivity index (χ4v) is 4.10. The van der Waals surface area contributed by atoms with Gasteiger partial charge in [-0.15, -0.1) is 5.10 Å². The SMILES string of the molecule is CCc1ccc(-c2nc(-c3ccccc3)n(CC(=O)N3CCN(c4ncccn4)CC3)n2)cc1. The first-order valence-corrected chi connectivity index (χ1v) is 11.6. The zero-order valence-electron chi connectivity index (χ0n) is 19.2. The van der Waals surface area contributed by atoms with Crippen LogP contribution >= 0.6 is 0 Å². The topological polar surface area (TPSA) is 80.0 Å². The average molecular weight is 454 g/mol. The fourth-order valence-electron chi connectivity index (χ4n) is 4.10. The maximum atomic E-state index is 13.2. The lowest BCUT2D eigenvalue weighted by Crippen LogP contribution is -2.50. The molecule has 1 saturated heterocycles. The molecule has 0 atom stereocenters. The van der Waals surface area contributed by atoms with Crippen LogP contribution in [-0.2, 0) is 17.8 Å². The maximum absolute atomic E-state index is 13.2. The molecular weight excluding hydrogens is 426 g/mol. The molecule has 5 rings (SSSR count). The number of rotatable bonds is 6. The van der Waals surface area contributed by atoms with Crippen LogP contribution in [0.2, 0.25) is 0 Å². The summed E-state index contributed by atoms with van der Waals surface area (Å²) in [4.78, 5) is 30.6. The van der Waals surface area contributed by atoms with Crippen LogP contribution in [0.5, 0.6) is 0 Å². The van der Waals surface area contributed by atoms with Crippen molar-refractivity contribution in [3.63, 3.8) is 0 Å². The molecule has 0 spiro atoms. The van der Waals surface area contributed by atoms with E-state index in [0.717, 1.165) is 17.5 Å². The van der Waals surface area contributed by atoms with Gasteiger partial charge in [-0.3, -0.25) is 4.79 Å². The van der Waals surface area contributed by atoms with Gasteiger partial charge in [0.25, 0.3) is 0 Å². The van der Waals surface area contributed by atoms with Gasteiger partial charge in [0.05, 0.1) is 0 Å². The van der Waals surface area contributed by atoms with E-state index in [0.29, 0.717) is 43.8 Å². The number of aromatic nitrogens is 5. The predicted molar refractivity (Wildman–Crippen MR) is 131 cm³/mol. The summed E-state index contributed by atoms with van der Waals surface area (Å²) in [5, 5.41) is 4.74. The number of carbonyl (C=O) groups excluding carboxylic acids is 1. The minimum Gasteiger partial charge on any atom is -0.338 e. The third-order valence-corrected chi connectivity index (χ3v) is 6.08. The fraction of sp³-hybridized carbons (Fsp3) is 0.269. The normalized spacial score (nSPS) is 13.8. The Morgan fingerprint density at radius 2 is 1.56 bits per heavy atom. The van der Waals surface area contributed by atoms with Crippen molar-refractivity contribution in [2.24, 2.45) is 0 Å². The molecule has 8 heteroatoms. The first-order valence-electron chi connectivity index (χ1n) is 11.6. The third-order valence-electron chi connectivity index (χ3n) is 6.08. The molecule has 8 nitrogen and oxygen atoms in total. The van der Waals surface area contributed by atoms with Crippen LogP contribution in [0.4, 0.5) is 5.95 Å². The molecule has 172 valence electrons. The second-order valence-corrected chi connectivity index (χ2v) is 8.25. The molecule has 1 aliphatic heterocycles. The van der Waals surface area contributed by atoms with Crippen molar-refractivity contribution in [2.45, 2.75) is 19.9 Å². The third kappa shape index (κ3) is 4.66. The molecule has 0 radical (unpaired) electrons. The van der Waals surface area contributed by atoms with Gasteiger partial charge < -0.3 is 9.80 Å². The number of anilines is 1. The standard InChI is InChI=1S/C26H27N7O/c1-2-20-9-11-21(12-10-20)24-29-25(22-7-4-3-5-8-22)33(30-24)19-23(34)31-15-17-32(18-16-31)26-27-13-6-14-28-26/h3-14H,2,15-19H2,1H3. The van der Waals surface area contributed by atoms with Gasteiger partial charge in [0, 0.05) is 49.7 Å². The van der Waals surface area contributed by atoms with Gasteiger partial charge in [-0.2, -0.15) is 0 Å². The lowest BCUT2D eigenvalue weighted by Gasteiger charge is -2.34. The van der Waals surface area contributed by atoms with Gasteiger partial charge in [-0.25, -0.2) is 19.6 Å². The van der Waals surface area contributed by atoms with E-state index in [1.165, 1.54) is 5.56 Å². The summed E-state index contributed by atoms with van der Waals surface area (Å²) in [6.45, 7) is 4.93. The molecule has 0 unspecified atom stereocenters. The van der Waals surface area contributed by atoms with Crippen LogP contribution < -0.4 is 4.90 Å². The van der Waals surface area contributed by atoms with Crippen LogP contribution in [0.3, 0.4) is 0 Å². The number of carbonyl (C=O) groups is 1. The zero-order chi connectivity index (χ0) is 23.3. The first kappa shape index (κ1) is 21.8. The van der Waals surface area contributed by atoms with Gasteiger partial charge in [0.2, 0.25) is 11.9 Å². The Morgan fingerprint density at radius 3 is 2.24 bits per heavy atom. The van der Waals surface area contributed by atoms with Crippen LogP contribution in [-0.4, -0.2) is 61.7 Å². The van der Waals surface area contributed by atoms with E-state index in [1.807, 2.05) is 47.4 Å². The number of aryl methyl sites for hydroxylation is 1. The Kier molecular flexibility index (Phi) is 6.29. The number of nitrogens with zero attached hydrogens (tertiary/aromatic N) is 7. The van der Waals surface area contributed by atoms with E-state index < -0.39 is 0 Å². The molecule has 2 aromatic heterocycles. The second-order valence-electron chi connectivity index (χ2n) is 8.25. The maximum Gasteiger partial charge on any atom is 0.244 e. The lowest BCUT2D eigenvalue weighted by atomic mass is 10.1. The monoisotopic (exact) mass is 453 g/mol. The molecule has 0 aliphatic carbocycles. The highest BCUT2D eigenvalue weighted by Gasteiger charge is 2.24. The van der Waals surface area contributed by atoms with Gasteiger partial charge in [0.15, 0.2) is 11.6 Å². The molecule has 4 aromatic rings. The van der Waals surface area contributed by atoms with E-state index in [4.69, 9.17) is 10.1 Å². The summed E-state index contributed by atoms with van der Waals surface area (Å²) in [7, 11) is 0. The molecular formula is C26H27N7O. The van der Waals surface area contributed by atoms with Crippen molar-refractivity contribution in [2.75, 3.05) is 31.1 Å². The highest BCUT2D eigenvalue weighted by Crippen LogP contribution is 2.23. The van der Waals surface area contributed by atoms with E-state index in [1.54, 1.807) is 23.1 Å². The Morgan fingerprint density at radius 1 is 0.853 bits per heavy atom. The minimum absolute atomic E-state index is 0.0311. The largest absolute Gasteiger partial charge is 0.338 e.